The summed E-state index contributed by atoms with van der Waals surface area (Å²) in [5.74, 6) is 1.37. The molecule has 6 nitrogen and oxygen atoms in total. The minimum absolute atomic E-state index is 0.227. The third-order valence-corrected chi connectivity index (χ3v) is 6.49. The molecule has 0 spiro atoms. The molecular formula is C17H21N3O3S. The molecule has 2 aromatic rings. The van der Waals surface area contributed by atoms with Crippen LogP contribution in [0.4, 0.5) is 0 Å². The van der Waals surface area contributed by atoms with E-state index in [1.54, 1.807) is 11.4 Å². The number of hydrogen-bond donors (Lipinski definition) is 0. The van der Waals surface area contributed by atoms with Crippen molar-refractivity contribution in [2.45, 2.75) is 12.3 Å². The second kappa shape index (κ2) is 5.32. The summed E-state index contributed by atoms with van der Waals surface area (Å²) in [6.45, 7) is 1.16. The lowest BCUT2D eigenvalue weighted by molar-refractivity contribution is 0.415. The lowest BCUT2D eigenvalue weighted by atomic mass is 9.94. The maximum atomic E-state index is 11.9. The van der Waals surface area contributed by atoms with Gasteiger partial charge in [0.05, 0.1) is 19.1 Å². The molecular weight excluding hydrogens is 326 g/mol. The average Bonchev–Trinajstić information content (AvgIpc) is 3.17. The molecule has 0 saturated carbocycles. The summed E-state index contributed by atoms with van der Waals surface area (Å²) in [7, 11) is 0.480. The zero-order valence-corrected chi connectivity index (χ0v) is 14.9. The highest BCUT2D eigenvalue weighted by atomic mass is 32.2. The second-order valence-electron chi connectivity index (χ2n) is 6.72. The molecule has 7 heteroatoms. The van der Waals surface area contributed by atoms with E-state index in [0.717, 1.165) is 23.4 Å². The molecule has 0 bridgehead atoms. The monoisotopic (exact) mass is 347 g/mol. The number of benzene rings is 1. The molecule has 1 saturated heterocycles. The van der Waals surface area contributed by atoms with Crippen LogP contribution in [0.25, 0.3) is 11.3 Å². The summed E-state index contributed by atoms with van der Waals surface area (Å²) in [6.07, 6.45) is 2.18. The number of ether oxygens (including phenoxy) is 1. The Morgan fingerprint density at radius 2 is 2.08 bits per heavy atom. The van der Waals surface area contributed by atoms with E-state index < -0.39 is 10.0 Å². The molecule has 2 atom stereocenters. The highest BCUT2D eigenvalue weighted by Crippen LogP contribution is 2.47. The zero-order chi connectivity index (χ0) is 17.1. The minimum Gasteiger partial charge on any atom is -0.497 e. The van der Waals surface area contributed by atoms with Gasteiger partial charge in [0.15, 0.2) is 0 Å². The van der Waals surface area contributed by atoms with Crippen molar-refractivity contribution in [1.82, 2.24) is 14.1 Å². The van der Waals surface area contributed by atoms with Gasteiger partial charge in [-0.05, 0) is 24.5 Å². The van der Waals surface area contributed by atoms with Crippen molar-refractivity contribution in [3.8, 4) is 17.0 Å². The molecule has 0 amide bonds. The normalized spacial score (nSPS) is 23.3. The van der Waals surface area contributed by atoms with Crippen LogP contribution in [0.1, 0.15) is 17.2 Å². The summed E-state index contributed by atoms with van der Waals surface area (Å²) in [5.41, 5.74) is 4.41. The van der Waals surface area contributed by atoms with E-state index in [-0.39, 0.29) is 5.92 Å². The third-order valence-electron chi connectivity index (χ3n) is 5.25. The number of rotatable bonds is 3. The van der Waals surface area contributed by atoms with Gasteiger partial charge < -0.3 is 4.74 Å². The molecule has 1 aliphatic carbocycles. The van der Waals surface area contributed by atoms with E-state index in [1.165, 1.54) is 17.5 Å². The predicted molar refractivity (Wildman–Crippen MR) is 91.5 cm³/mol. The molecule has 1 aromatic heterocycles. The van der Waals surface area contributed by atoms with Crippen LogP contribution in [-0.2, 0) is 23.5 Å². The van der Waals surface area contributed by atoms with Crippen LogP contribution in [0.2, 0.25) is 0 Å². The van der Waals surface area contributed by atoms with Crippen molar-refractivity contribution in [3.63, 3.8) is 0 Å². The van der Waals surface area contributed by atoms with E-state index in [2.05, 4.69) is 0 Å². The summed E-state index contributed by atoms with van der Waals surface area (Å²) >= 11 is 0. The highest BCUT2D eigenvalue weighted by molar-refractivity contribution is 7.88. The lowest BCUT2D eigenvalue weighted by Gasteiger charge is -2.14. The van der Waals surface area contributed by atoms with E-state index in [0.29, 0.717) is 19.0 Å². The zero-order valence-electron chi connectivity index (χ0n) is 14.1. The molecule has 2 aliphatic rings. The number of sulfonamides is 1. The Morgan fingerprint density at radius 1 is 1.29 bits per heavy atom. The first-order chi connectivity index (χ1) is 11.4. The maximum Gasteiger partial charge on any atom is 0.211 e. The van der Waals surface area contributed by atoms with E-state index in [9.17, 15) is 8.42 Å². The van der Waals surface area contributed by atoms with Gasteiger partial charge in [-0.3, -0.25) is 4.68 Å². The van der Waals surface area contributed by atoms with Gasteiger partial charge in [-0.15, -0.1) is 0 Å². The lowest BCUT2D eigenvalue weighted by Crippen LogP contribution is -2.28. The fourth-order valence-corrected chi connectivity index (χ4v) is 4.97. The van der Waals surface area contributed by atoms with Gasteiger partial charge in [-0.2, -0.15) is 5.10 Å². The summed E-state index contributed by atoms with van der Waals surface area (Å²) in [4.78, 5) is 0. The van der Waals surface area contributed by atoms with Gasteiger partial charge in [0, 0.05) is 42.9 Å². The van der Waals surface area contributed by atoms with Crippen LogP contribution < -0.4 is 4.74 Å². The molecule has 0 N–H and O–H groups in total. The summed E-state index contributed by atoms with van der Waals surface area (Å²) in [5, 5.41) is 4.72. The smallest absolute Gasteiger partial charge is 0.211 e. The number of nitrogens with zero attached hydrogens (tertiary/aromatic N) is 3. The first-order valence-electron chi connectivity index (χ1n) is 8.04. The Hall–Kier alpha value is -1.86. The molecule has 2 heterocycles. The van der Waals surface area contributed by atoms with Crippen molar-refractivity contribution < 1.29 is 13.2 Å². The number of methoxy groups -OCH3 is 1. The van der Waals surface area contributed by atoms with Crippen molar-refractivity contribution in [2.75, 3.05) is 26.5 Å². The topological polar surface area (TPSA) is 64.4 Å². The fourth-order valence-electron chi connectivity index (χ4n) is 4.08. The van der Waals surface area contributed by atoms with Crippen molar-refractivity contribution in [3.05, 3.63) is 35.5 Å². The quantitative estimate of drug-likeness (QED) is 0.846. The van der Waals surface area contributed by atoms with Gasteiger partial charge >= 0.3 is 0 Å². The number of aromatic nitrogens is 2. The van der Waals surface area contributed by atoms with Crippen LogP contribution in [0.15, 0.2) is 24.3 Å². The highest BCUT2D eigenvalue weighted by Gasteiger charge is 2.46. The Morgan fingerprint density at radius 3 is 2.79 bits per heavy atom. The number of fused-ring (bicyclic) bond motifs is 3. The fraction of sp³-hybridized carbons (Fsp3) is 0.471. The molecule has 128 valence electrons. The van der Waals surface area contributed by atoms with E-state index >= 15 is 0 Å². The number of aryl methyl sites for hydroxylation is 1. The summed E-state index contributed by atoms with van der Waals surface area (Å²) < 4.78 is 32.7. The van der Waals surface area contributed by atoms with Crippen LogP contribution in [0.3, 0.4) is 0 Å². The molecule has 4 rings (SSSR count). The van der Waals surface area contributed by atoms with Gasteiger partial charge in [-0.1, -0.05) is 12.1 Å². The van der Waals surface area contributed by atoms with E-state index in [4.69, 9.17) is 9.84 Å². The van der Waals surface area contributed by atoms with E-state index in [1.807, 2.05) is 36.0 Å². The SMILES string of the molecule is COc1cccc(-c2nn(C)c3c2[C@H]2CN(S(C)(=O)=O)C[C@@H]2C3)c1. The van der Waals surface area contributed by atoms with Gasteiger partial charge in [0.2, 0.25) is 10.0 Å². The van der Waals surface area contributed by atoms with Gasteiger partial charge in [0.1, 0.15) is 5.75 Å². The minimum atomic E-state index is -3.14. The predicted octanol–water partition coefficient (Wildman–Crippen LogP) is 1.63. The largest absolute Gasteiger partial charge is 0.497 e. The summed E-state index contributed by atoms with van der Waals surface area (Å²) in [6, 6.07) is 7.89. The first-order valence-corrected chi connectivity index (χ1v) is 9.88. The van der Waals surface area contributed by atoms with Crippen LogP contribution >= 0.6 is 0 Å². The Balaban J connectivity index is 1.78. The Labute approximate surface area is 142 Å². The van der Waals surface area contributed by atoms with Gasteiger partial charge in [-0.25, -0.2) is 12.7 Å². The maximum absolute atomic E-state index is 11.9. The third kappa shape index (κ3) is 2.34. The number of hydrogen-bond acceptors (Lipinski definition) is 4. The molecule has 1 aliphatic heterocycles. The van der Waals surface area contributed by atoms with Crippen LogP contribution in [0.5, 0.6) is 5.75 Å². The Bertz CT molecular complexity index is 904. The van der Waals surface area contributed by atoms with Crippen molar-refractivity contribution in [2.24, 2.45) is 13.0 Å². The van der Waals surface area contributed by atoms with Gasteiger partial charge in [0.25, 0.3) is 0 Å². The second-order valence-corrected chi connectivity index (χ2v) is 8.70. The average molecular weight is 347 g/mol. The molecule has 24 heavy (non-hydrogen) atoms. The first kappa shape index (κ1) is 15.7. The van der Waals surface area contributed by atoms with Crippen molar-refractivity contribution in [1.29, 1.82) is 0 Å². The van der Waals surface area contributed by atoms with Crippen LogP contribution in [-0.4, -0.2) is 49.0 Å². The molecule has 0 radical (unpaired) electrons. The molecule has 0 unspecified atom stereocenters. The standard InChI is InChI=1S/C17H21N3O3S/c1-19-15-8-12-9-20(24(3,21)22)10-14(12)16(15)17(18-19)11-5-4-6-13(7-11)23-2/h4-7,12,14H,8-10H2,1-3H3/t12-,14-/m0/s1. The molecule has 1 fully saturated rings. The van der Waals surface area contributed by atoms with Crippen molar-refractivity contribution >= 4 is 10.0 Å². The Kier molecular flexibility index (Phi) is 3.47. The van der Waals surface area contributed by atoms with Crippen LogP contribution in [0, 0.1) is 5.92 Å². The molecule has 1 aromatic carbocycles.